The molecule has 0 aliphatic heterocycles. The summed E-state index contributed by atoms with van der Waals surface area (Å²) in [5.74, 6) is -0.203. The van der Waals surface area contributed by atoms with Gasteiger partial charge in [-0.05, 0) is 0 Å². The van der Waals surface area contributed by atoms with Crippen molar-refractivity contribution in [3.63, 3.8) is 0 Å². The van der Waals surface area contributed by atoms with Gasteiger partial charge in [-0.15, -0.1) is 17.0 Å². The predicted molar refractivity (Wildman–Crippen MR) is 127 cm³/mol. The Bertz CT molecular complexity index is 950. The van der Waals surface area contributed by atoms with E-state index in [0.29, 0.717) is 0 Å². The van der Waals surface area contributed by atoms with Crippen LogP contribution in [0.1, 0.15) is 0 Å². The summed E-state index contributed by atoms with van der Waals surface area (Å²) in [5, 5.41) is 4.72. The van der Waals surface area contributed by atoms with Crippen molar-refractivity contribution in [2.75, 3.05) is 6.66 Å². The average Bonchev–Trinajstić information content (AvgIpc) is 2.75. The molecule has 142 valence electrons. The van der Waals surface area contributed by atoms with E-state index < -0.39 is 6.60 Å². The molecular formula is C25H23BrFP. The summed E-state index contributed by atoms with van der Waals surface area (Å²) in [6, 6.07) is 38.8. The minimum atomic E-state index is -3.09. The molecule has 0 bridgehead atoms. The van der Waals surface area contributed by atoms with E-state index in [1.807, 2.05) is 24.3 Å². The molecule has 0 atom stereocenters. The van der Waals surface area contributed by atoms with Crippen molar-refractivity contribution >= 4 is 44.8 Å². The van der Waals surface area contributed by atoms with Gasteiger partial charge < -0.3 is 0 Å². The zero-order chi connectivity index (χ0) is 18.8. The zero-order valence-corrected chi connectivity index (χ0v) is 18.3. The first-order chi connectivity index (χ1) is 13.1. The predicted octanol–water partition coefficient (Wildman–Crippen LogP) is 5.19. The molecule has 0 N–H and O–H groups in total. The molecule has 4 aromatic carbocycles. The standard InChI is InChI=1S/C25H22FP.BrH/c1-27(22-13-5-2-6-14-22,23-15-7-3-8-16-23,24-17-9-4-10-18-24)25-19-11-12-21(26)20-25;/h2-20H,1H3;1H. The number of benzene rings is 4. The molecule has 0 nitrogen and oxygen atoms in total. The second-order valence-corrected chi connectivity index (χ2v) is 12.2. The first kappa shape index (κ1) is 20.5. The van der Waals surface area contributed by atoms with Crippen LogP contribution < -0.4 is 21.2 Å². The molecule has 0 spiro atoms. The summed E-state index contributed by atoms with van der Waals surface area (Å²) in [6.45, 7) is -0.756. The fourth-order valence-corrected chi connectivity index (χ4v) is 9.57. The second-order valence-electron chi connectivity index (χ2n) is 7.05. The Morgan fingerprint density at radius 2 is 0.857 bits per heavy atom. The summed E-state index contributed by atoms with van der Waals surface area (Å²) >= 11 is 0. The first-order valence-electron chi connectivity index (χ1n) is 9.08. The summed E-state index contributed by atoms with van der Waals surface area (Å²) in [4.78, 5) is 0. The minimum absolute atomic E-state index is 0. The van der Waals surface area contributed by atoms with Crippen LogP contribution in [0.3, 0.4) is 0 Å². The van der Waals surface area contributed by atoms with Crippen molar-refractivity contribution < 1.29 is 4.39 Å². The SMILES string of the molecule is Br.CP(c1ccccc1)(c1ccccc1)(c1ccccc1)c1cccc(F)c1. The Labute approximate surface area is 176 Å². The molecule has 0 aromatic heterocycles. The van der Waals surface area contributed by atoms with Gasteiger partial charge in [-0.3, -0.25) is 0 Å². The average molecular weight is 453 g/mol. The Kier molecular flexibility index (Phi) is 5.84. The van der Waals surface area contributed by atoms with Gasteiger partial charge in [-0.25, -0.2) is 0 Å². The van der Waals surface area contributed by atoms with Gasteiger partial charge in [0.1, 0.15) is 0 Å². The van der Waals surface area contributed by atoms with E-state index in [-0.39, 0.29) is 22.8 Å². The van der Waals surface area contributed by atoms with E-state index in [4.69, 9.17) is 0 Å². The van der Waals surface area contributed by atoms with E-state index in [1.54, 1.807) is 6.07 Å². The monoisotopic (exact) mass is 452 g/mol. The fourth-order valence-electron chi connectivity index (χ4n) is 4.12. The number of hydrogen-bond donors (Lipinski definition) is 0. The van der Waals surface area contributed by atoms with Crippen LogP contribution in [0.4, 0.5) is 4.39 Å². The van der Waals surface area contributed by atoms with Gasteiger partial charge in [-0.1, -0.05) is 0 Å². The summed E-state index contributed by atoms with van der Waals surface area (Å²) < 4.78 is 14.4. The van der Waals surface area contributed by atoms with Gasteiger partial charge in [0.25, 0.3) is 0 Å². The Morgan fingerprint density at radius 1 is 0.500 bits per heavy atom. The fraction of sp³-hybridized carbons (Fsp3) is 0.0400. The van der Waals surface area contributed by atoms with Crippen molar-refractivity contribution in [3.05, 3.63) is 121 Å². The third-order valence-electron chi connectivity index (χ3n) is 5.66. The third-order valence-corrected chi connectivity index (χ3v) is 12.0. The summed E-state index contributed by atoms with van der Waals surface area (Å²) in [5.41, 5.74) is 0. The van der Waals surface area contributed by atoms with Gasteiger partial charge in [-0.2, -0.15) is 0 Å². The molecule has 4 aromatic rings. The second kappa shape index (κ2) is 7.99. The molecule has 0 unspecified atom stereocenters. The summed E-state index contributed by atoms with van der Waals surface area (Å²) in [7, 11) is 0. The van der Waals surface area contributed by atoms with Crippen LogP contribution in [0.2, 0.25) is 0 Å². The normalized spacial score (nSPS) is 12.4. The molecular weight excluding hydrogens is 430 g/mol. The van der Waals surface area contributed by atoms with E-state index in [9.17, 15) is 4.39 Å². The Balaban J connectivity index is 0.00000225. The molecule has 3 heteroatoms. The number of halogens is 2. The third kappa shape index (κ3) is 3.02. The van der Waals surface area contributed by atoms with E-state index >= 15 is 0 Å². The Morgan fingerprint density at radius 3 is 1.21 bits per heavy atom. The summed E-state index contributed by atoms with van der Waals surface area (Å²) in [6.07, 6.45) is 0. The van der Waals surface area contributed by atoms with Crippen molar-refractivity contribution in [2.45, 2.75) is 0 Å². The van der Waals surface area contributed by atoms with Gasteiger partial charge in [0.15, 0.2) is 0 Å². The van der Waals surface area contributed by atoms with Gasteiger partial charge in [0, 0.05) is 0 Å². The van der Waals surface area contributed by atoms with Crippen molar-refractivity contribution in [1.82, 2.24) is 0 Å². The van der Waals surface area contributed by atoms with Crippen LogP contribution in [0.15, 0.2) is 115 Å². The molecule has 0 saturated carbocycles. The molecule has 0 saturated heterocycles. The van der Waals surface area contributed by atoms with Crippen LogP contribution in [0.25, 0.3) is 0 Å². The van der Waals surface area contributed by atoms with Crippen LogP contribution in [0, 0.1) is 5.82 Å². The van der Waals surface area contributed by atoms with E-state index in [2.05, 4.69) is 85.5 Å². The number of hydrogen-bond acceptors (Lipinski definition) is 0. The molecule has 0 amide bonds. The van der Waals surface area contributed by atoms with Crippen LogP contribution in [-0.2, 0) is 0 Å². The molecule has 0 radical (unpaired) electrons. The van der Waals surface area contributed by atoms with Crippen molar-refractivity contribution in [2.24, 2.45) is 0 Å². The van der Waals surface area contributed by atoms with Crippen LogP contribution in [0.5, 0.6) is 0 Å². The zero-order valence-electron chi connectivity index (χ0n) is 15.7. The molecule has 4 rings (SSSR count). The van der Waals surface area contributed by atoms with Crippen LogP contribution >= 0.6 is 23.6 Å². The maximum absolute atomic E-state index is 14.4. The van der Waals surface area contributed by atoms with Crippen molar-refractivity contribution in [3.8, 4) is 0 Å². The quantitative estimate of drug-likeness (QED) is 0.374. The van der Waals surface area contributed by atoms with Crippen molar-refractivity contribution in [1.29, 1.82) is 0 Å². The van der Waals surface area contributed by atoms with E-state index in [0.717, 1.165) is 5.30 Å². The molecule has 28 heavy (non-hydrogen) atoms. The molecule has 0 aliphatic rings. The van der Waals surface area contributed by atoms with Gasteiger partial charge in [0.05, 0.1) is 0 Å². The molecule has 0 heterocycles. The maximum atomic E-state index is 14.4. The topological polar surface area (TPSA) is 0 Å². The first-order valence-corrected chi connectivity index (χ1v) is 11.8. The van der Waals surface area contributed by atoms with Gasteiger partial charge in [0.2, 0.25) is 0 Å². The van der Waals surface area contributed by atoms with Crippen LogP contribution in [-0.4, -0.2) is 6.66 Å². The molecule has 0 fully saturated rings. The van der Waals surface area contributed by atoms with Gasteiger partial charge >= 0.3 is 160 Å². The van der Waals surface area contributed by atoms with E-state index in [1.165, 1.54) is 22.0 Å². The Hall–Kier alpha value is -2.28. The molecule has 0 aliphatic carbocycles. The number of rotatable bonds is 4.